The van der Waals surface area contributed by atoms with E-state index in [1.54, 1.807) is 30.5 Å². The minimum Gasteiger partial charge on any atom is -0.612 e. The number of hydrogen-bond donors (Lipinski definition) is 0. The SMILES string of the molecule is CCN1CCN(C2CCN(C3CCN(c4c(S(=O)(=O)c5ccc(OC(C)(C)C)cc5)cnc5ccc([S+](C)[O-])cc45)CC3)CC2)CC1. The van der Waals surface area contributed by atoms with Gasteiger partial charge in [-0.05, 0) is 114 Å². The van der Waals surface area contributed by atoms with Crippen molar-refractivity contribution < 1.29 is 17.7 Å². The molecule has 0 saturated carbocycles. The monoisotopic (exact) mass is 681 g/mol. The number of sulfone groups is 1. The molecule has 2 aromatic carbocycles. The number of likely N-dealkylation sites (N-methyl/N-ethyl adjacent to an activating group) is 1. The minimum atomic E-state index is -3.91. The molecule has 47 heavy (non-hydrogen) atoms. The molecule has 256 valence electrons. The quantitative estimate of drug-likeness (QED) is 0.303. The molecule has 1 atom stereocenters. The number of nitrogens with zero attached hydrogens (tertiary/aromatic N) is 5. The van der Waals surface area contributed by atoms with Gasteiger partial charge in [-0.2, -0.15) is 0 Å². The summed E-state index contributed by atoms with van der Waals surface area (Å²) >= 11 is -1.21. The van der Waals surface area contributed by atoms with Crippen molar-refractivity contribution in [2.45, 2.75) is 85.7 Å². The molecule has 0 amide bonds. The second kappa shape index (κ2) is 14.2. The van der Waals surface area contributed by atoms with E-state index < -0.39 is 21.0 Å². The van der Waals surface area contributed by atoms with Crippen LogP contribution in [-0.2, 0) is 21.0 Å². The summed E-state index contributed by atoms with van der Waals surface area (Å²) in [5, 5.41) is 0.730. The first-order chi connectivity index (χ1) is 22.4. The van der Waals surface area contributed by atoms with E-state index in [-0.39, 0.29) is 15.4 Å². The summed E-state index contributed by atoms with van der Waals surface area (Å²) in [4.78, 5) is 15.8. The largest absolute Gasteiger partial charge is 0.612 e. The molecule has 0 bridgehead atoms. The Morgan fingerprint density at radius 2 is 1.47 bits per heavy atom. The Kier molecular flexibility index (Phi) is 10.4. The van der Waals surface area contributed by atoms with Gasteiger partial charge in [0.15, 0.2) is 4.90 Å². The van der Waals surface area contributed by atoms with E-state index in [0.29, 0.717) is 33.9 Å². The third kappa shape index (κ3) is 7.76. The lowest BCUT2D eigenvalue weighted by Crippen LogP contribution is -2.55. The van der Waals surface area contributed by atoms with Gasteiger partial charge >= 0.3 is 0 Å². The van der Waals surface area contributed by atoms with Crippen LogP contribution in [0, 0.1) is 0 Å². The molecule has 0 radical (unpaired) electrons. The zero-order valence-electron chi connectivity index (χ0n) is 28.7. The topological polar surface area (TPSA) is 92.3 Å². The fourth-order valence-electron chi connectivity index (χ4n) is 7.52. The first-order valence-corrected chi connectivity index (χ1v) is 20.2. The number of fused-ring (bicyclic) bond motifs is 1. The maximum Gasteiger partial charge on any atom is 0.210 e. The Labute approximate surface area is 284 Å². The zero-order chi connectivity index (χ0) is 33.3. The number of piperidine rings is 2. The summed E-state index contributed by atoms with van der Waals surface area (Å²) in [5.74, 6) is 0.619. The lowest BCUT2D eigenvalue weighted by molar-refractivity contribution is 0.0449. The molecule has 3 saturated heterocycles. The van der Waals surface area contributed by atoms with Crippen molar-refractivity contribution in [3.8, 4) is 5.75 Å². The van der Waals surface area contributed by atoms with Crippen molar-refractivity contribution in [3.05, 3.63) is 48.7 Å². The summed E-state index contributed by atoms with van der Waals surface area (Å²) in [6.07, 6.45) is 7.55. The Balaban J connectivity index is 1.22. The number of rotatable bonds is 8. The van der Waals surface area contributed by atoms with Crippen molar-refractivity contribution in [2.75, 3.05) is 70.1 Å². The number of piperazine rings is 1. The van der Waals surface area contributed by atoms with Gasteiger partial charge in [0.2, 0.25) is 9.84 Å². The highest BCUT2D eigenvalue weighted by molar-refractivity contribution is 7.91. The number of hydrogen-bond acceptors (Lipinski definition) is 9. The lowest BCUT2D eigenvalue weighted by atomic mass is 9.96. The van der Waals surface area contributed by atoms with E-state index in [0.717, 1.165) is 51.0 Å². The summed E-state index contributed by atoms with van der Waals surface area (Å²) < 4.78 is 47.0. The molecule has 4 heterocycles. The maximum absolute atomic E-state index is 14.3. The van der Waals surface area contributed by atoms with E-state index in [1.165, 1.54) is 45.2 Å². The van der Waals surface area contributed by atoms with E-state index >= 15 is 0 Å². The van der Waals surface area contributed by atoms with Crippen molar-refractivity contribution in [1.82, 2.24) is 19.7 Å². The molecule has 0 N–H and O–H groups in total. The van der Waals surface area contributed by atoms with Crippen molar-refractivity contribution in [3.63, 3.8) is 0 Å². The number of aromatic nitrogens is 1. The fraction of sp³-hybridized carbons (Fsp3) is 0.583. The minimum absolute atomic E-state index is 0.191. The molecule has 9 nitrogen and oxygen atoms in total. The number of ether oxygens (including phenoxy) is 1. The van der Waals surface area contributed by atoms with Crippen molar-refractivity contribution >= 4 is 37.6 Å². The van der Waals surface area contributed by atoms with Gasteiger partial charge in [-0.25, -0.2) is 8.42 Å². The van der Waals surface area contributed by atoms with Gasteiger partial charge in [0, 0.05) is 69.0 Å². The van der Waals surface area contributed by atoms with E-state index in [1.807, 2.05) is 39.0 Å². The number of benzene rings is 2. The van der Waals surface area contributed by atoms with Gasteiger partial charge in [0.05, 0.1) is 16.1 Å². The fourth-order valence-corrected chi connectivity index (χ4v) is 9.50. The second-order valence-electron chi connectivity index (χ2n) is 14.2. The molecule has 1 unspecified atom stereocenters. The molecular weight excluding hydrogens is 631 g/mol. The van der Waals surface area contributed by atoms with Crippen LogP contribution in [0.2, 0.25) is 0 Å². The highest BCUT2D eigenvalue weighted by atomic mass is 32.2. The average Bonchev–Trinajstić information content (AvgIpc) is 3.07. The average molecular weight is 682 g/mol. The summed E-state index contributed by atoms with van der Waals surface area (Å²) in [7, 11) is -3.91. The predicted octanol–water partition coefficient (Wildman–Crippen LogP) is 5.05. The first-order valence-electron chi connectivity index (χ1n) is 17.2. The van der Waals surface area contributed by atoms with E-state index in [9.17, 15) is 13.0 Å². The molecule has 3 aliphatic rings. The van der Waals surface area contributed by atoms with Crippen LogP contribution in [-0.4, -0.2) is 115 Å². The van der Waals surface area contributed by atoms with Gasteiger partial charge in [-0.15, -0.1) is 0 Å². The van der Waals surface area contributed by atoms with Crippen LogP contribution >= 0.6 is 0 Å². The Bertz CT molecular complexity index is 1620. The van der Waals surface area contributed by atoms with E-state index in [2.05, 4.69) is 31.5 Å². The molecule has 0 aliphatic carbocycles. The Hall–Kier alpha value is -2.41. The molecule has 3 fully saturated rings. The molecule has 3 aliphatic heterocycles. The van der Waals surface area contributed by atoms with Crippen LogP contribution in [0.5, 0.6) is 5.75 Å². The normalized spacial score (nSPS) is 20.9. The van der Waals surface area contributed by atoms with Gasteiger partial charge in [0.1, 0.15) is 22.5 Å². The highest BCUT2D eigenvalue weighted by Gasteiger charge is 2.34. The smallest absolute Gasteiger partial charge is 0.210 e. The van der Waals surface area contributed by atoms with Gasteiger partial charge in [-0.3, -0.25) is 9.88 Å². The van der Waals surface area contributed by atoms with Crippen LogP contribution in [0.3, 0.4) is 0 Å². The van der Waals surface area contributed by atoms with E-state index in [4.69, 9.17) is 4.74 Å². The highest BCUT2D eigenvalue weighted by Crippen LogP contribution is 2.39. The maximum atomic E-state index is 14.3. The Morgan fingerprint density at radius 3 is 2.04 bits per heavy atom. The first kappa shape index (κ1) is 34.5. The molecule has 0 spiro atoms. The van der Waals surface area contributed by atoms with Crippen LogP contribution in [0.15, 0.2) is 63.3 Å². The standard InChI is InChI=1S/C36H51N5O4S2/c1-6-38-21-23-40(24-22-38)28-13-17-39(18-14-28)27-15-19-41(20-16-27)35-32-25-30(46(5)42)9-12-33(32)37-26-34(35)47(43,44)31-10-7-29(8-11-31)45-36(2,3)4/h7-12,25-28H,6,13-24H2,1-5H3. The van der Waals surface area contributed by atoms with Crippen LogP contribution in [0.4, 0.5) is 5.69 Å². The molecule has 3 aromatic rings. The third-order valence-corrected chi connectivity index (χ3v) is 12.8. The van der Waals surface area contributed by atoms with Crippen LogP contribution in [0.25, 0.3) is 10.9 Å². The van der Waals surface area contributed by atoms with Crippen LogP contribution < -0.4 is 9.64 Å². The summed E-state index contributed by atoms with van der Waals surface area (Å²) in [6.45, 7) is 17.8. The molecule has 11 heteroatoms. The molecule has 1 aromatic heterocycles. The van der Waals surface area contributed by atoms with Gasteiger partial charge in [-0.1, -0.05) is 6.92 Å². The zero-order valence-corrected chi connectivity index (χ0v) is 30.3. The Morgan fingerprint density at radius 1 is 0.872 bits per heavy atom. The summed E-state index contributed by atoms with van der Waals surface area (Å²) in [5.41, 5.74) is 0.978. The predicted molar refractivity (Wildman–Crippen MR) is 190 cm³/mol. The number of pyridine rings is 1. The van der Waals surface area contributed by atoms with Gasteiger partial charge < -0.3 is 24.0 Å². The van der Waals surface area contributed by atoms with Crippen LogP contribution in [0.1, 0.15) is 53.4 Å². The second-order valence-corrected chi connectivity index (χ2v) is 17.5. The third-order valence-electron chi connectivity index (χ3n) is 10.1. The lowest BCUT2D eigenvalue weighted by Gasteiger charge is -2.46. The number of anilines is 1. The molecule has 6 rings (SSSR count). The molecular formula is C36H51N5O4S2. The summed E-state index contributed by atoms with van der Waals surface area (Å²) in [6, 6.07) is 13.4. The van der Waals surface area contributed by atoms with Crippen molar-refractivity contribution in [1.29, 1.82) is 0 Å². The number of likely N-dealkylation sites (tertiary alicyclic amines) is 1. The van der Waals surface area contributed by atoms with Gasteiger partial charge in [0.25, 0.3) is 0 Å². The van der Waals surface area contributed by atoms with Crippen molar-refractivity contribution in [2.24, 2.45) is 0 Å².